The third-order valence-corrected chi connectivity index (χ3v) is 3.48. The molecule has 16 heavy (non-hydrogen) atoms. The summed E-state index contributed by atoms with van der Waals surface area (Å²) < 4.78 is 2.22. The monoisotopic (exact) mass is 222 g/mol. The summed E-state index contributed by atoms with van der Waals surface area (Å²) in [4.78, 5) is 6.68. The maximum Gasteiger partial charge on any atom is 0.0948 e. The minimum Gasteiger partial charge on any atom is -0.334 e. The minimum absolute atomic E-state index is 0.724. The molecule has 1 saturated heterocycles. The van der Waals surface area contributed by atoms with Gasteiger partial charge in [-0.15, -0.1) is 0 Å². The van der Waals surface area contributed by atoms with Crippen LogP contribution in [0, 0.1) is 0 Å². The summed E-state index contributed by atoms with van der Waals surface area (Å²) in [5.74, 6) is 0. The van der Waals surface area contributed by atoms with Crippen molar-refractivity contribution in [3.05, 3.63) is 18.2 Å². The zero-order chi connectivity index (χ0) is 11.4. The molecule has 0 bridgehead atoms. The van der Waals surface area contributed by atoms with Gasteiger partial charge >= 0.3 is 0 Å². The molecule has 0 aromatic carbocycles. The van der Waals surface area contributed by atoms with Crippen LogP contribution in [0.5, 0.6) is 0 Å². The SMILES string of the molecule is CCn1cncc1CN(C)C1CCNCC1. The molecule has 0 unspecified atom stereocenters. The van der Waals surface area contributed by atoms with Crippen molar-refractivity contribution in [2.75, 3.05) is 20.1 Å². The van der Waals surface area contributed by atoms with Crippen molar-refractivity contribution in [3.8, 4) is 0 Å². The lowest BCUT2D eigenvalue weighted by Gasteiger charge is -2.31. The van der Waals surface area contributed by atoms with Crippen LogP contribution in [-0.2, 0) is 13.1 Å². The summed E-state index contributed by atoms with van der Waals surface area (Å²) in [6, 6.07) is 0.724. The summed E-state index contributed by atoms with van der Waals surface area (Å²) in [5, 5.41) is 3.41. The van der Waals surface area contributed by atoms with E-state index in [1.807, 2.05) is 12.5 Å². The molecule has 1 aliphatic rings. The zero-order valence-corrected chi connectivity index (χ0v) is 10.3. The number of nitrogens with zero attached hydrogens (tertiary/aromatic N) is 3. The summed E-state index contributed by atoms with van der Waals surface area (Å²) in [6.07, 6.45) is 6.43. The van der Waals surface area contributed by atoms with Gasteiger partial charge in [0.2, 0.25) is 0 Å². The van der Waals surface area contributed by atoms with E-state index in [1.54, 1.807) is 0 Å². The van der Waals surface area contributed by atoms with Gasteiger partial charge < -0.3 is 9.88 Å². The quantitative estimate of drug-likeness (QED) is 0.828. The Bertz CT molecular complexity index is 315. The molecule has 0 radical (unpaired) electrons. The molecule has 0 aliphatic carbocycles. The van der Waals surface area contributed by atoms with Gasteiger partial charge in [-0.2, -0.15) is 0 Å². The molecule has 1 aromatic heterocycles. The first-order valence-electron chi connectivity index (χ1n) is 6.21. The van der Waals surface area contributed by atoms with Gasteiger partial charge in [0, 0.05) is 25.3 Å². The number of nitrogens with one attached hydrogen (secondary N) is 1. The average Bonchev–Trinajstić information content (AvgIpc) is 2.77. The molecule has 1 fully saturated rings. The van der Waals surface area contributed by atoms with E-state index in [2.05, 4.69) is 33.7 Å². The molecule has 0 atom stereocenters. The molecular formula is C12H22N4. The van der Waals surface area contributed by atoms with Gasteiger partial charge in [0.05, 0.1) is 12.0 Å². The van der Waals surface area contributed by atoms with Crippen molar-refractivity contribution < 1.29 is 0 Å². The fourth-order valence-electron chi connectivity index (χ4n) is 2.40. The molecule has 4 nitrogen and oxygen atoms in total. The van der Waals surface area contributed by atoms with E-state index in [0.29, 0.717) is 0 Å². The molecule has 4 heteroatoms. The fourth-order valence-corrected chi connectivity index (χ4v) is 2.40. The van der Waals surface area contributed by atoms with Crippen molar-refractivity contribution >= 4 is 0 Å². The van der Waals surface area contributed by atoms with Crippen LogP contribution < -0.4 is 5.32 Å². The van der Waals surface area contributed by atoms with Crippen molar-refractivity contribution in [3.63, 3.8) is 0 Å². The van der Waals surface area contributed by atoms with E-state index >= 15 is 0 Å². The van der Waals surface area contributed by atoms with Crippen LogP contribution in [0.1, 0.15) is 25.5 Å². The second-order valence-corrected chi connectivity index (χ2v) is 4.57. The van der Waals surface area contributed by atoms with Crippen LogP contribution >= 0.6 is 0 Å². The largest absolute Gasteiger partial charge is 0.334 e. The lowest BCUT2D eigenvalue weighted by molar-refractivity contribution is 0.188. The molecule has 0 saturated carbocycles. The van der Waals surface area contributed by atoms with Crippen molar-refractivity contribution in [2.24, 2.45) is 0 Å². The highest BCUT2D eigenvalue weighted by atomic mass is 15.2. The third kappa shape index (κ3) is 2.62. The van der Waals surface area contributed by atoms with Crippen LogP contribution in [-0.4, -0.2) is 40.6 Å². The Kier molecular flexibility index (Phi) is 3.96. The first kappa shape index (κ1) is 11.6. The number of hydrogen-bond donors (Lipinski definition) is 1. The number of aromatic nitrogens is 2. The topological polar surface area (TPSA) is 33.1 Å². The van der Waals surface area contributed by atoms with E-state index < -0.39 is 0 Å². The highest BCUT2D eigenvalue weighted by Gasteiger charge is 2.18. The van der Waals surface area contributed by atoms with Gasteiger partial charge in [0.15, 0.2) is 0 Å². The van der Waals surface area contributed by atoms with Crippen LogP contribution in [0.15, 0.2) is 12.5 Å². The number of aryl methyl sites for hydroxylation is 1. The van der Waals surface area contributed by atoms with E-state index in [1.165, 1.54) is 18.5 Å². The third-order valence-electron chi connectivity index (χ3n) is 3.48. The van der Waals surface area contributed by atoms with E-state index in [9.17, 15) is 0 Å². The number of imidazole rings is 1. The fraction of sp³-hybridized carbons (Fsp3) is 0.750. The van der Waals surface area contributed by atoms with Gasteiger partial charge in [0.25, 0.3) is 0 Å². The Labute approximate surface area is 97.7 Å². The van der Waals surface area contributed by atoms with Gasteiger partial charge in [-0.25, -0.2) is 4.98 Å². The Morgan fingerprint density at radius 1 is 1.50 bits per heavy atom. The number of piperidine rings is 1. The number of rotatable bonds is 4. The molecule has 0 spiro atoms. The highest BCUT2D eigenvalue weighted by Crippen LogP contribution is 2.13. The van der Waals surface area contributed by atoms with Crippen LogP contribution in [0.3, 0.4) is 0 Å². The Morgan fingerprint density at radius 3 is 2.94 bits per heavy atom. The van der Waals surface area contributed by atoms with Crippen molar-refractivity contribution in [1.29, 1.82) is 0 Å². The van der Waals surface area contributed by atoms with E-state index in [4.69, 9.17) is 0 Å². The molecule has 1 aromatic rings. The summed E-state index contributed by atoms with van der Waals surface area (Å²) in [6.45, 7) is 6.49. The van der Waals surface area contributed by atoms with Crippen molar-refractivity contribution in [2.45, 2.75) is 38.9 Å². The van der Waals surface area contributed by atoms with Gasteiger partial charge in [-0.1, -0.05) is 0 Å². The normalized spacial score (nSPS) is 18.2. The Morgan fingerprint density at radius 2 is 2.25 bits per heavy atom. The van der Waals surface area contributed by atoms with Crippen LogP contribution in [0.2, 0.25) is 0 Å². The van der Waals surface area contributed by atoms with Gasteiger partial charge in [0.1, 0.15) is 0 Å². The molecular weight excluding hydrogens is 200 g/mol. The average molecular weight is 222 g/mol. The first-order chi connectivity index (χ1) is 7.81. The lowest BCUT2D eigenvalue weighted by atomic mass is 10.1. The smallest absolute Gasteiger partial charge is 0.0948 e. The van der Waals surface area contributed by atoms with Crippen molar-refractivity contribution in [1.82, 2.24) is 19.8 Å². The predicted octanol–water partition coefficient (Wildman–Crippen LogP) is 1.09. The van der Waals surface area contributed by atoms with E-state index in [0.717, 1.165) is 32.2 Å². The summed E-state index contributed by atoms with van der Waals surface area (Å²) in [7, 11) is 2.23. The zero-order valence-electron chi connectivity index (χ0n) is 10.3. The van der Waals surface area contributed by atoms with Gasteiger partial charge in [-0.05, 0) is 39.9 Å². The predicted molar refractivity (Wildman–Crippen MR) is 65.3 cm³/mol. The maximum atomic E-state index is 4.22. The second-order valence-electron chi connectivity index (χ2n) is 4.57. The van der Waals surface area contributed by atoms with E-state index in [-0.39, 0.29) is 0 Å². The second kappa shape index (κ2) is 5.46. The Hall–Kier alpha value is -0.870. The molecule has 0 amide bonds. The summed E-state index contributed by atoms with van der Waals surface area (Å²) >= 11 is 0. The van der Waals surface area contributed by atoms with Gasteiger partial charge in [-0.3, -0.25) is 4.90 Å². The van der Waals surface area contributed by atoms with Crippen LogP contribution in [0.4, 0.5) is 0 Å². The first-order valence-corrected chi connectivity index (χ1v) is 6.21. The number of hydrogen-bond acceptors (Lipinski definition) is 3. The van der Waals surface area contributed by atoms with Crippen LogP contribution in [0.25, 0.3) is 0 Å². The molecule has 2 rings (SSSR count). The highest BCUT2D eigenvalue weighted by molar-refractivity contribution is 4.98. The maximum absolute atomic E-state index is 4.22. The minimum atomic E-state index is 0.724. The lowest BCUT2D eigenvalue weighted by Crippen LogP contribution is -2.41. The summed E-state index contributed by atoms with van der Waals surface area (Å²) in [5.41, 5.74) is 1.32. The molecule has 90 valence electrons. The molecule has 2 heterocycles. The molecule has 1 N–H and O–H groups in total. The molecule has 1 aliphatic heterocycles. The standard InChI is InChI=1S/C12H22N4/c1-3-16-10-14-8-12(16)9-15(2)11-4-6-13-7-5-11/h8,10-11,13H,3-7,9H2,1-2H3. The Balaban J connectivity index is 1.93.